The van der Waals surface area contributed by atoms with E-state index in [1.807, 2.05) is 42.2 Å². The van der Waals surface area contributed by atoms with Crippen molar-refractivity contribution < 1.29 is 51.3 Å². The summed E-state index contributed by atoms with van der Waals surface area (Å²) in [4.78, 5) is 57.0. The van der Waals surface area contributed by atoms with Gasteiger partial charge in [0.15, 0.2) is 28.8 Å². The zero-order chi connectivity index (χ0) is 54.4. The third-order valence-electron chi connectivity index (χ3n) is 17.2. The minimum Gasteiger partial charge on any atom is -0.488 e. The molecule has 1 saturated carbocycles. The number of benzene rings is 4. The molecule has 77 heavy (non-hydrogen) atoms. The lowest BCUT2D eigenvalue weighted by Crippen LogP contribution is -2.50. The van der Waals surface area contributed by atoms with E-state index in [9.17, 15) is 24.3 Å². The Hall–Kier alpha value is -6.28. The molecule has 4 aromatic carbocycles. The van der Waals surface area contributed by atoms with Gasteiger partial charge in [0.05, 0.1) is 22.6 Å². The number of hydrogen-bond donors (Lipinski definition) is 4. The number of carbonyl (C=O) groups excluding carboxylic acids is 4. The molecule has 0 bridgehead atoms. The Morgan fingerprint density at radius 3 is 2.30 bits per heavy atom. The van der Waals surface area contributed by atoms with Crippen LogP contribution in [-0.4, -0.2) is 113 Å². The van der Waals surface area contributed by atoms with Crippen molar-refractivity contribution in [2.45, 2.75) is 108 Å². The minimum atomic E-state index is -1.14. The highest BCUT2D eigenvalue weighted by Gasteiger charge is 2.50. The normalized spacial score (nSPS) is 23.0. The Labute approximate surface area is 449 Å². The van der Waals surface area contributed by atoms with Gasteiger partial charge in [-0.3, -0.25) is 29.3 Å². The Bertz CT molecular complexity index is 3090. The van der Waals surface area contributed by atoms with Crippen molar-refractivity contribution in [1.82, 2.24) is 30.2 Å². The molecule has 0 radical (unpaired) electrons. The van der Waals surface area contributed by atoms with E-state index < -0.39 is 64.3 Å². The highest BCUT2D eigenvalue weighted by molar-refractivity contribution is 6.34. The molecular weight excluding hydrogens is 1020 g/mol. The van der Waals surface area contributed by atoms with E-state index in [0.29, 0.717) is 63.3 Å². The maximum atomic E-state index is 16.5. The van der Waals surface area contributed by atoms with E-state index in [1.165, 1.54) is 33.8 Å². The number of nitrogens with two attached hydrogens (primary N) is 1. The summed E-state index contributed by atoms with van der Waals surface area (Å²) in [5.41, 5.74) is 5.34. The van der Waals surface area contributed by atoms with Crippen LogP contribution in [0.1, 0.15) is 117 Å². The molecule has 4 aliphatic heterocycles. The van der Waals surface area contributed by atoms with Crippen molar-refractivity contribution in [3.63, 3.8) is 0 Å². The first kappa shape index (κ1) is 54.1. The summed E-state index contributed by atoms with van der Waals surface area (Å²) in [6.45, 7) is 6.48. The second-order valence-electron chi connectivity index (χ2n) is 21.3. The number of carbonyl (C=O) groups is 4. The molecule has 10 rings (SSSR count). The van der Waals surface area contributed by atoms with Crippen LogP contribution >= 0.6 is 11.6 Å². The van der Waals surface area contributed by atoms with E-state index >= 15 is 17.6 Å². The first-order valence-corrected chi connectivity index (χ1v) is 27.3. The van der Waals surface area contributed by atoms with Gasteiger partial charge in [-0.25, -0.2) is 22.4 Å². The summed E-state index contributed by atoms with van der Waals surface area (Å²) < 4.78 is 78.4. The summed E-state index contributed by atoms with van der Waals surface area (Å²) in [5.74, 6) is -5.10. The molecule has 20 heteroatoms. The zero-order valence-electron chi connectivity index (χ0n) is 43.5. The first-order valence-electron chi connectivity index (χ1n) is 26.9. The maximum absolute atomic E-state index is 16.5. The van der Waals surface area contributed by atoms with Crippen molar-refractivity contribution in [3.05, 3.63) is 105 Å². The van der Waals surface area contributed by atoms with Crippen LogP contribution in [0.3, 0.4) is 0 Å². The van der Waals surface area contributed by atoms with E-state index in [4.69, 9.17) is 26.8 Å². The lowest BCUT2D eigenvalue weighted by atomic mass is 9.77. The van der Waals surface area contributed by atoms with Crippen LogP contribution in [-0.2, 0) is 22.2 Å². The second-order valence-corrected chi connectivity index (χ2v) is 21.7. The molecule has 15 nitrogen and oxygen atoms in total. The van der Waals surface area contributed by atoms with Gasteiger partial charge in [-0.15, -0.1) is 0 Å². The van der Waals surface area contributed by atoms with Crippen LogP contribution in [0.5, 0.6) is 11.5 Å². The SMILES string of the molecule is CC[C@@H](C1CCN(C(=O)C2CCC(NC[C@]3(c4ccccc4)Oc4cc(F)c(Cl)c(-c5c(C(N)=O)ccc(OCCO)c5F)c4[C@@H]3C)CC2)CC1)N1CCC(c2c(F)cc3c(N4CCC(=O)NC4=O)nn(C)c3c2F)CC1. The minimum absolute atomic E-state index is 0.0282. The zero-order valence-corrected chi connectivity index (χ0v) is 44.2. The fourth-order valence-electron chi connectivity index (χ4n) is 13.2. The van der Waals surface area contributed by atoms with Crippen molar-refractivity contribution >= 4 is 52.1 Å². The van der Waals surface area contributed by atoms with Gasteiger partial charge in [0.2, 0.25) is 17.7 Å². The number of likely N-dealkylation sites (tertiary alicyclic amines) is 2. The molecule has 410 valence electrons. The fourth-order valence-corrected chi connectivity index (χ4v) is 13.4. The highest BCUT2D eigenvalue weighted by Crippen LogP contribution is 2.57. The molecule has 3 atom stereocenters. The number of aromatic nitrogens is 2. The number of aliphatic hydroxyl groups is 1. The molecule has 0 spiro atoms. The van der Waals surface area contributed by atoms with Crippen LogP contribution < -0.4 is 30.7 Å². The Morgan fingerprint density at radius 2 is 1.64 bits per heavy atom. The predicted molar refractivity (Wildman–Crippen MR) is 282 cm³/mol. The molecule has 5 aliphatic rings. The summed E-state index contributed by atoms with van der Waals surface area (Å²) in [6.07, 6.45) is 6.72. The molecule has 5 aromatic rings. The smallest absolute Gasteiger partial charge is 0.329 e. The number of piperidine rings is 2. The molecule has 5 N–H and O–H groups in total. The molecule has 4 fully saturated rings. The van der Waals surface area contributed by atoms with Crippen LogP contribution in [0.25, 0.3) is 22.0 Å². The van der Waals surface area contributed by atoms with Crippen LogP contribution in [0.4, 0.5) is 28.2 Å². The number of amides is 5. The van der Waals surface area contributed by atoms with Crippen molar-refractivity contribution in [2.24, 2.45) is 24.6 Å². The largest absolute Gasteiger partial charge is 0.488 e. The van der Waals surface area contributed by atoms with Gasteiger partial charge in [0.25, 0.3) is 0 Å². The number of halogens is 5. The number of hydrogen-bond acceptors (Lipinski definition) is 10. The molecule has 1 aromatic heterocycles. The van der Waals surface area contributed by atoms with Gasteiger partial charge < -0.3 is 35.4 Å². The molecule has 0 unspecified atom stereocenters. The number of anilines is 1. The molecular formula is C57H65ClF4N8O7. The fraction of sp³-hybridized carbons (Fsp3) is 0.491. The number of rotatable bonds is 15. The van der Waals surface area contributed by atoms with Crippen molar-refractivity contribution in [2.75, 3.05) is 57.4 Å². The van der Waals surface area contributed by atoms with E-state index in [1.54, 1.807) is 7.05 Å². The summed E-state index contributed by atoms with van der Waals surface area (Å²) in [6, 6.07) is 14.1. The quantitative estimate of drug-likeness (QED) is 0.0739. The van der Waals surface area contributed by atoms with Gasteiger partial charge in [0.1, 0.15) is 29.5 Å². The third kappa shape index (κ3) is 10.0. The third-order valence-corrected chi connectivity index (χ3v) is 17.5. The van der Waals surface area contributed by atoms with Crippen LogP contribution in [0.2, 0.25) is 5.02 Å². The topological polar surface area (TPSA) is 185 Å². The van der Waals surface area contributed by atoms with E-state index in [0.717, 1.165) is 37.7 Å². The number of urea groups is 1. The standard InChI is InChI=1S/C57H65ClF4N8O7/c1-4-41(68-21-18-33(19-22-68)46-39(59)28-38-52(51(46)62)67(3)66-54(38)70-25-20-44(72)65-56(70)75)32-16-23-69(24-17-32)55(74)34-10-12-36(13-11-34)64-30-57(35-8-6-5-7-9-35)31(2)45-43(77-57)29-40(60)49(58)48(45)47-37(53(63)73)14-15-42(50(47)61)76-27-26-71/h5-9,14-15,28-29,31-34,36,41,64,71H,4,10-13,16-27,30H2,1-3H3,(H2,63,73)(H,65,72,75)/t31-,34?,36?,41-,57-/m0/s1. The molecule has 5 heterocycles. The average Bonchev–Trinajstić information content (AvgIpc) is 4.00. The number of primary amides is 1. The Morgan fingerprint density at radius 1 is 0.922 bits per heavy atom. The number of fused-ring (bicyclic) bond motifs is 2. The van der Waals surface area contributed by atoms with Crippen molar-refractivity contribution in [1.29, 1.82) is 0 Å². The summed E-state index contributed by atoms with van der Waals surface area (Å²) in [7, 11) is 1.56. The predicted octanol–water partition coefficient (Wildman–Crippen LogP) is 8.80. The summed E-state index contributed by atoms with van der Waals surface area (Å²) in [5, 5.41) is 19.5. The monoisotopic (exact) mass is 1080 g/mol. The number of nitrogens with zero attached hydrogens (tertiary/aromatic N) is 5. The van der Waals surface area contributed by atoms with Crippen molar-refractivity contribution in [3.8, 4) is 22.6 Å². The van der Waals surface area contributed by atoms with Gasteiger partial charge in [-0.2, -0.15) is 5.10 Å². The van der Waals surface area contributed by atoms with E-state index in [-0.39, 0.29) is 106 Å². The van der Waals surface area contributed by atoms with Gasteiger partial charge in [-0.05, 0) is 106 Å². The molecule has 5 amide bonds. The maximum Gasteiger partial charge on any atom is 0.329 e. The van der Waals surface area contributed by atoms with Crippen LogP contribution in [0, 0.1) is 35.1 Å². The van der Waals surface area contributed by atoms with Gasteiger partial charge >= 0.3 is 6.03 Å². The number of imide groups is 1. The lowest BCUT2D eigenvalue weighted by molar-refractivity contribution is -0.138. The van der Waals surface area contributed by atoms with Gasteiger partial charge in [-0.1, -0.05) is 55.8 Å². The first-order chi connectivity index (χ1) is 37.0. The second kappa shape index (κ2) is 22.2. The number of nitrogens with one attached hydrogen (secondary N) is 2. The number of ether oxygens (including phenoxy) is 2. The highest BCUT2D eigenvalue weighted by atomic mass is 35.5. The van der Waals surface area contributed by atoms with Gasteiger partial charge in [0, 0.05) is 91.9 Å². The lowest BCUT2D eigenvalue weighted by Gasteiger charge is -2.44. The summed E-state index contributed by atoms with van der Waals surface area (Å²) >= 11 is 6.73. The Balaban J connectivity index is 0.756. The number of aryl methyl sites for hydroxylation is 1. The average molecular weight is 1090 g/mol. The van der Waals surface area contributed by atoms with Crippen LogP contribution in [0.15, 0.2) is 54.6 Å². The Kier molecular flexibility index (Phi) is 15.6. The molecule has 1 aliphatic carbocycles. The van der Waals surface area contributed by atoms with E-state index in [2.05, 4.69) is 27.6 Å². The number of aliphatic hydroxyl groups excluding tert-OH is 1. The molecule has 3 saturated heterocycles.